The molecule has 0 bridgehead atoms. The number of hydrogen-bond donors (Lipinski definition) is 0. The Morgan fingerprint density at radius 1 is 1.04 bits per heavy atom. The SMILES string of the molecule is O=C1S/C(=C\c2ccccc2)C(=O)N1CCOc1ccc(Cl)cc1. The van der Waals surface area contributed by atoms with E-state index in [1.165, 1.54) is 4.90 Å². The molecule has 1 aliphatic rings. The second-order valence-corrected chi connectivity index (χ2v) is 6.48. The van der Waals surface area contributed by atoms with E-state index in [9.17, 15) is 9.59 Å². The lowest BCUT2D eigenvalue weighted by molar-refractivity contribution is -0.123. The van der Waals surface area contributed by atoms with Crippen molar-refractivity contribution in [2.24, 2.45) is 0 Å². The fourth-order valence-electron chi connectivity index (χ4n) is 2.18. The van der Waals surface area contributed by atoms with Gasteiger partial charge in [0.2, 0.25) is 0 Å². The molecule has 0 atom stereocenters. The Kier molecular flexibility index (Phi) is 5.23. The number of carbonyl (C=O) groups is 2. The Bertz CT molecular complexity index is 775. The van der Waals surface area contributed by atoms with Crippen LogP contribution < -0.4 is 4.74 Å². The third kappa shape index (κ3) is 3.99. The summed E-state index contributed by atoms with van der Waals surface area (Å²) in [5.41, 5.74) is 0.889. The van der Waals surface area contributed by atoms with Crippen LogP contribution in [0.3, 0.4) is 0 Å². The van der Waals surface area contributed by atoms with Gasteiger partial charge in [-0.1, -0.05) is 41.9 Å². The zero-order valence-corrected chi connectivity index (χ0v) is 14.2. The maximum atomic E-state index is 12.4. The van der Waals surface area contributed by atoms with Gasteiger partial charge in [0, 0.05) is 5.02 Å². The number of ether oxygens (including phenoxy) is 1. The normalized spacial score (nSPS) is 16.0. The van der Waals surface area contributed by atoms with Crippen LogP contribution in [-0.4, -0.2) is 29.2 Å². The van der Waals surface area contributed by atoms with Crippen molar-refractivity contribution in [3.8, 4) is 5.75 Å². The van der Waals surface area contributed by atoms with E-state index in [2.05, 4.69) is 0 Å². The molecule has 2 aromatic rings. The number of carbonyl (C=O) groups excluding carboxylic acids is 2. The van der Waals surface area contributed by atoms with Crippen LogP contribution in [-0.2, 0) is 4.79 Å². The smallest absolute Gasteiger partial charge is 0.293 e. The highest BCUT2D eigenvalue weighted by Crippen LogP contribution is 2.32. The van der Waals surface area contributed by atoms with Crippen LogP contribution in [0.5, 0.6) is 5.75 Å². The highest BCUT2D eigenvalue weighted by molar-refractivity contribution is 8.18. The number of imide groups is 1. The van der Waals surface area contributed by atoms with E-state index < -0.39 is 0 Å². The molecule has 2 amide bonds. The Balaban J connectivity index is 1.60. The van der Waals surface area contributed by atoms with E-state index in [1.807, 2.05) is 30.3 Å². The van der Waals surface area contributed by atoms with Gasteiger partial charge >= 0.3 is 0 Å². The van der Waals surface area contributed by atoms with Gasteiger partial charge in [-0.3, -0.25) is 14.5 Å². The molecule has 1 saturated heterocycles. The molecule has 1 aliphatic heterocycles. The molecule has 122 valence electrons. The summed E-state index contributed by atoms with van der Waals surface area (Å²) in [6, 6.07) is 16.4. The Morgan fingerprint density at radius 3 is 2.46 bits per heavy atom. The molecule has 0 radical (unpaired) electrons. The molecular weight excluding hydrogens is 346 g/mol. The zero-order chi connectivity index (χ0) is 16.9. The maximum Gasteiger partial charge on any atom is 0.293 e. The minimum atomic E-state index is -0.284. The van der Waals surface area contributed by atoms with Crippen molar-refractivity contribution in [3.05, 3.63) is 70.1 Å². The molecule has 2 aromatic carbocycles. The van der Waals surface area contributed by atoms with Crippen molar-refractivity contribution in [1.29, 1.82) is 0 Å². The van der Waals surface area contributed by atoms with Crippen molar-refractivity contribution < 1.29 is 14.3 Å². The summed E-state index contributed by atoms with van der Waals surface area (Å²) < 4.78 is 5.54. The van der Waals surface area contributed by atoms with E-state index in [1.54, 1.807) is 30.3 Å². The van der Waals surface area contributed by atoms with Crippen LogP contribution in [0.15, 0.2) is 59.5 Å². The highest BCUT2D eigenvalue weighted by atomic mass is 35.5. The first-order valence-electron chi connectivity index (χ1n) is 7.32. The monoisotopic (exact) mass is 359 g/mol. The number of halogens is 1. The number of thioether (sulfide) groups is 1. The highest BCUT2D eigenvalue weighted by Gasteiger charge is 2.34. The predicted molar refractivity (Wildman–Crippen MR) is 96.1 cm³/mol. The van der Waals surface area contributed by atoms with Gasteiger partial charge in [-0.15, -0.1) is 0 Å². The van der Waals surface area contributed by atoms with Crippen LogP contribution in [0.25, 0.3) is 6.08 Å². The third-order valence-corrected chi connectivity index (χ3v) is 4.53. The van der Waals surface area contributed by atoms with Crippen LogP contribution in [0.2, 0.25) is 5.02 Å². The van der Waals surface area contributed by atoms with Crippen LogP contribution in [0.4, 0.5) is 4.79 Å². The summed E-state index contributed by atoms with van der Waals surface area (Å²) >= 11 is 6.76. The van der Waals surface area contributed by atoms with Gasteiger partial charge in [0.05, 0.1) is 11.4 Å². The number of nitrogens with zero attached hydrogens (tertiary/aromatic N) is 1. The Labute approximate surface area is 149 Å². The molecule has 0 aromatic heterocycles. The molecule has 0 aliphatic carbocycles. The number of rotatable bonds is 5. The molecule has 4 nitrogen and oxygen atoms in total. The van der Waals surface area contributed by atoms with Crippen molar-refractivity contribution in [3.63, 3.8) is 0 Å². The van der Waals surface area contributed by atoms with Crippen LogP contribution >= 0.6 is 23.4 Å². The van der Waals surface area contributed by atoms with Gasteiger partial charge in [-0.25, -0.2) is 0 Å². The van der Waals surface area contributed by atoms with E-state index in [-0.39, 0.29) is 24.3 Å². The summed E-state index contributed by atoms with van der Waals surface area (Å²) in [6.45, 7) is 0.442. The second kappa shape index (κ2) is 7.55. The van der Waals surface area contributed by atoms with Gasteiger partial charge in [0.25, 0.3) is 11.1 Å². The first kappa shape index (κ1) is 16.6. The fraction of sp³-hybridized carbons (Fsp3) is 0.111. The van der Waals surface area contributed by atoms with E-state index in [0.29, 0.717) is 15.7 Å². The molecule has 0 saturated carbocycles. The first-order valence-corrected chi connectivity index (χ1v) is 8.52. The molecule has 1 fully saturated rings. The lowest BCUT2D eigenvalue weighted by atomic mass is 10.2. The largest absolute Gasteiger partial charge is 0.492 e. The lowest BCUT2D eigenvalue weighted by Gasteiger charge is -2.13. The molecule has 24 heavy (non-hydrogen) atoms. The molecule has 1 heterocycles. The summed E-state index contributed by atoms with van der Waals surface area (Å²) in [4.78, 5) is 26.0. The van der Waals surface area contributed by atoms with Crippen molar-refractivity contribution >= 4 is 40.6 Å². The summed E-state index contributed by atoms with van der Waals surface area (Å²) in [5.74, 6) is 0.361. The lowest BCUT2D eigenvalue weighted by Crippen LogP contribution is -2.32. The summed E-state index contributed by atoms with van der Waals surface area (Å²) in [5, 5.41) is 0.348. The van der Waals surface area contributed by atoms with Crippen LogP contribution in [0, 0.1) is 0 Å². The molecule has 0 spiro atoms. The minimum absolute atomic E-state index is 0.208. The first-order chi connectivity index (χ1) is 11.6. The van der Waals surface area contributed by atoms with Crippen LogP contribution in [0.1, 0.15) is 5.56 Å². The molecule has 0 unspecified atom stereocenters. The van der Waals surface area contributed by atoms with E-state index in [0.717, 1.165) is 17.3 Å². The topological polar surface area (TPSA) is 46.6 Å². The van der Waals surface area contributed by atoms with Crippen molar-refractivity contribution in [1.82, 2.24) is 4.90 Å². The van der Waals surface area contributed by atoms with Gasteiger partial charge in [-0.2, -0.15) is 0 Å². The molecule has 6 heteroatoms. The minimum Gasteiger partial charge on any atom is -0.492 e. The van der Waals surface area contributed by atoms with E-state index in [4.69, 9.17) is 16.3 Å². The number of benzene rings is 2. The van der Waals surface area contributed by atoms with Crippen molar-refractivity contribution in [2.75, 3.05) is 13.2 Å². The predicted octanol–water partition coefficient (Wildman–Crippen LogP) is 4.46. The standard InChI is InChI=1S/C18H14ClNO3S/c19-14-6-8-15(9-7-14)23-11-10-20-17(21)16(24-18(20)22)12-13-4-2-1-3-5-13/h1-9,12H,10-11H2/b16-12-. The summed E-state index contributed by atoms with van der Waals surface area (Å²) in [7, 11) is 0. The molecule has 3 rings (SSSR count). The Hall–Kier alpha value is -2.24. The number of hydrogen-bond acceptors (Lipinski definition) is 4. The third-order valence-electron chi connectivity index (χ3n) is 3.37. The average molecular weight is 360 g/mol. The number of amides is 2. The maximum absolute atomic E-state index is 12.4. The Morgan fingerprint density at radius 2 is 1.75 bits per heavy atom. The summed E-state index contributed by atoms with van der Waals surface area (Å²) in [6.07, 6.45) is 1.73. The van der Waals surface area contributed by atoms with Gasteiger partial charge in [0.1, 0.15) is 12.4 Å². The quantitative estimate of drug-likeness (QED) is 0.740. The van der Waals surface area contributed by atoms with Gasteiger partial charge in [0.15, 0.2) is 0 Å². The zero-order valence-electron chi connectivity index (χ0n) is 12.6. The average Bonchev–Trinajstić information content (AvgIpc) is 2.85. The van der Waals surface area contributed by atoms with Crippen molar-refractivity contribution in [2.45, 2.75) is 0 Å². The fourth-order valence-corrected chi connectivity index (χ4v) is 3.17. The van der Waals surface area contributed by atoms with Gasteiger partial charge < -0.3 is 4.74 Å². The van der Waals surface area contributed by atoms with E-state index >= 15 is 0 Å². The molecule has 0 N–H and O–H groups in total. The van der Waals surface area contributed by atoms with Gasteiger partial charge in [-0.05, 0) is 47.7 Å². The molecular formula is C18H14ClNO3S. The second-order valence-electron chi connectivity index (χ2n) is 5.05.